The zero-order valence-electron chi connectivity index (χ0n) is 13.7. The molecule has 2 saturated heterocycles. The first kappa shape index (κ1) is 15.5. The molecule has 1 aromatic carbocycles. The SMILES string of the molecule is Cc1cc2cc(NC(=O)N3CCC4(CC3)CC(O)CO4)ccc2o1. The van der Waals surface area contributed by atoms with E-state index < -0.39 is 0 Å². The molecule has 4 rings (SSSR count). The van der Waals surface area contributed by atoms with Gasteiger partial charge in [-0.05, 0) is 44.0 Å². The molecule has 0 bridgehead atoms. The highest BCUT2D eigenvalue weighted by Gasteiger charge is 2.42. The summed E-state index contributed by atoms with van der Waals surface area (Å²) in [6.07, 6.45) is 1.86. The van der Waals surface area contributed by atoms with E-state index in [-0.39, 0.29) is 17.7 Å². The van der Waals surface area contributed by atoms with Crippen molar-refractivity contribution in [1.29, 1.82) is 0 Å². The fraction of sp³-hybridized carbons (Fsp3) is 0.500. The van der Waals surface area contributed by atoms with Gasteiger partial charge in [-0.25, -0.2) is 4.79 Å². The van der Waals surface area contributed by atoms with Crippen molar-refractivity contribution in [2.24, 2.45) is 0 Å². The van der Waals surface area contributed by atoms with Crippen molar-refractivity contribution in [2.75, 3.05) is 25.0 Å². The number of amides is 2. The van der Waals surface area contributed by atoms with Crippen LogP contribution in [0.25, 0.3) is 11.0 Å². The Morgan fingerprint density at radius 3 is 2.83 bits per heavy atom. The normalized spacial score (nSPS) is 23.1. The van der Waals surface area contributed by atoms with Crippen molar-refractivity contribution in [3.63, 3.8) is 0 Å². The Hall–Kier alpha value is -2.05. The topological polar surface area (TPSA) is 74.9 Å². The first-order valence-corrected chi connectivity index (χ1v) is 8.41. The summed E-state index contributed by atoms with van der Waals surface area (Å²) in [6.45, 7) is 3.61. The molecule has 0 saturated carbocycles. The number of nitrogens with one attached hydrogen (secondary N) is 1. The minimum Gasteiger partial charge on any atom is -0.461 e. The molecule has 2 amide bonds. The number of carbonyl (C=O) groups excluding carboxylic acids is 1. The fourth-order valence-electron chi connectivity index (χ4n) is 3.74. The number of anilines is 1. The number of carbonyl (C=O) groups is 1. The molecule has 128 valence electrons. The van der Waals surface area contributed by atoms with Gasteiger partial charge in [0, 0.05) is 30.6 Å². The van der Waals surface area contributed by atoms with E-state index in [1.807, 2.05) is 36.1 Å². The van der Waals surface area contributed by atoms with Crippen LogP contribution in [0.3, 0.4) is 0 Å². The quantitative estimate of drug-likeness (QED) is 0.843. The van der Waals surface area contributed by atoms with Gasteiger partial charge in [0.2, 0.25) is 0 Å². The van der Waals surface area contributed by atoms with Crippen molar-refractivity contribution in [2.45, 2.75) is 37.9 Å². The van der Waals surface area contributed by atoms with Crippen LogP contribution >= 0.6 is 0 Å². The number of aliphatic hydroxyl groups excluding tert-OH is 1. The summed E-state index contributed by atoms with van der Waals surface area (Å²) >= 11 is 0. The standard InChI is InChI=1S/C18H22N2O4/c1-12-8-13-9-14(2-3-16(13)24-12)19-17(22)20-6-4-18(5-7-20)10-15(21)11-23-18/h2-3,8-9,15,21H,4-7,10-11H2,1H3,(H,19,22). The molecule has 6 nitrogen and oxygen atoms in total. The number of hydrogen-bond donors (Lipinski definition) is 2. The van der Waals surface area contributed by atoms with Crippen LogP contribution in [0.1, 0.15) is 25.0 Å². The molecule has 24 heavy (non-hydrogen) atoms. The first-order valence-electron chi connectivity index (χ1n) is 8.41. The van der Waals surface area contributed by atoms with Crippen LogP contribution in [0.2, 0.25) is 0 Å². The van der Waals surface area contributed by atoms with Crippen LogP contribution in [0.4, 0.5) is 10.5 Å². The van der Waals surface area contributed by atoms with Crippen LogP contribution in [0.15, 0.2) is 28.7 Å². The van der Waals surface area contributed by atoms with Gasteiger partial charge < -0.3 is 24.5 Å². The molecule has 0 aliphatic carbocycles. The zero-order valence-corrected chi connectivity index (χ0v) is 13.7. The number of urea groups is 1. The third-order valence-corrected chi connectivity index (χ3v) is 5.04. The highest BCUT2D eigenvalue weighted by Crippen LogP contribution is 2.36. The average molecular weight is 330 g/mol. The van der Waals surface area contributed by atoms with Crippen LogP contribution < -0.4 is 5.32 Å². The third-order valence-electron chi connectivity index (χ3n) is 5.04. The number of likely N-dealkylation sites (tertiary alicyclic amines) is 1. The van der Waals surface area contributed by atoms with Gasteiger partial charge in [0.05, 0.1) is 18.3 Å². The molecule has 1 atom stereocenters. The first-order chi connectivity index (χ1) is 11.5. The molecule has 6 heteroatoms. The van der Waals surface area contributed by atoms with Crippen LogP contribution in [-0.2, 0) is 4.74 Å². The summed E-state index contributed by atoms with van der Waals surface area (Å²) in [4.78, 5) is 14.3. The highest BCUT2D eigenvalue weighted by molar-refractivity contribution is 5.92. The number of hydrogen-bond acceptors (Lipinski definition) is 4. The molecule has 2 aliphatic heterocycles. The summed E-state index contributed by atoms with van der Waals surface area (Å²) in [5, 5.41) is 13.6. The van der Waals surface area contributed by atoms with Gasteiger partial charge in [0.15, 0.2) is 0 Å². The highest BCUT2D eigenvalue weighted by atomic mass is 16.5. The van der Waals surface area contributed by atoms with Crippen LogP contribution in [0, 0.1) is 6.92 Å². The summed E-state index contributed by atoms with van der Waals surface area (Å²) in [5.41, 5.74) is 1.35. The van der Waals surface area contributed by atoms with E-state index >= 15 is 0 Å². The van der Waals surface area contributed by atoms with Crippen LogP contribution in [0.5, 0.6) is 0 Å². The molecule has 3 heterocycles. The second-order valence-corrected chi connectivity index (χ2v) is 6.88. The van der Waals surface area contributed by atoms with Gasteiger partial charge in [0.25, 0.3) is 0 Å². The molecule has 1 aromatic heterocycles. The van der Waals surface area contributed by atoms with Gasteiger partial charge in [-0.15, -0.1) is 0 Å². The molecular formula is C18H22N2O4. The lowest BCUT2D eigenvalue weighted by Crippen LogP contribution is -2.47. The maximum absolute atomic E-state index is 12.5. The predicted molar refractivity (Wildman–Crippen MR) is 90.1 cm³/mol. The largest absolute Gasteiger partial charge is 0.461 e. The molecule has 2 N–H and O–H groups in total. The number of rotatable bonds is 1. The van der Waals surface area contributed by atoms with Crippen molar-refractivity contribution in [3.8, 4) is 0 Å². The number of benzene rings is 1. The number of fused-ring (bicyclic) bond motifs is 1. The van der Waals surface area contributed by atoms with E-state index in [1.54, 1.807) is 0 Å². The second-order valence-electron chi connectivity index (χ2n) is 6.88. The summed E-state index contributed by atoms with van der Waals surface area (Å²) < 4.78 is 11.3. The van der Waals surface area contributed by atoms with E-state index in [9.17, 15) is 9.90 Å². The van der Waals surface area contributed by atoms with Crippen molar-refractivity contribution in [1.82, 2.24) is 4.90 Å². The minimum atomic E-state index is -0.365. The van der Waals surface area contributed by atoms with Gasteiger partial charge in [-0.3, -0.25) is 0 Å². The van der Waals surface area contributed by atoms with Gasteiger partial charge >= 0.3 is 6.03 Å². The molecule has 2 fully saturated rings. The number of aliphatic hydroxyl groups is 1. The smallest absolute Gasteiger partial charge is 0.321 e. The average Bonchev–Trinajstić information content (AvgIpc) is 3.09. The summed E-state index contributed by atoms with van der Waals surface area (Å²) in [7, 11) is 0. The maximum Gasteiger partial charge on any atom is 0.321 e. The number of furan rings is 1. The Labute approximate surface area is 140 Å². The molecular weight excluding hydrogens is 308 g/mol. The third kappa shape index (κ3) is 2.87. The van der Waals surface area contributed by atoms with E-state index in [1.165, 1.54) is 0 Å². The van der Waals surface area contributed by atoms with E-state index in [4.69, 9.17) is 9.15 Å². The lowest BCUT2D eigenvalue weighted by molar-refractivity contribution is -0.0365. The van der Waals surface area contributed by atoms with E-state index in [0.717, 1.165) is 35.3 Å². The molecule has 0 radical (unpaired) electrons. The Kier molecular flexibility index (Phi) is 3.73. The molecule has 1 spiro atoms. The summed E-state index contributed by atoms with van der Waals surface area (Å²) in [5.74, 6) is 0.855. The lowest BCUT2D eigenvalue weighted by Gasteiger charge is -2.38. The minimum absolute atomic E-state index is 0.0945. The van der Waals surface area contributed by atoms with Crippen molar-refractivity contribution in [3.05, 3.63) is 30.0 Å². The van der Waals surface area contributed by atoms with E-state index in [2.05, 4.69) is 5.32 Å². The predicted octanol–water partition coefficient (Wildman–Crippen LogP) is 2.89. The molecule has 2 aliphatic rings. The second kappa shape index (κ2) is 5.79. The Morgan fingerprint density at radius 2 is 2.12 bits per heavy atom. The maximum atomic E-state index is 12.5. The molecule has 1 unspecified atom stereocenters. The van der Waals surface area contributed by atoms with E-state index in [0.29, 0.717) is 26.1 Å². The Balaban J connectivity index is 1.39. The van der Waals surface area contributed by atoms with Gasteiger partial charge in [-0.2, -0.15) is 0 Å². The van der Waals surface area contributed by atoms with Crippen LogP contribution in [-0.4, -0.2) is 47.4 Å². The molecule has 2 aromatic rings. The number of piperidine rings is 1. The van der Waals surface area contributed by atoms with Gasteiger partial charge in [-0.1, -0.05) is 0 Å². The lowest BCUT2D eigenvalue weighted by atomic mass is 9.88. The number of aryl methyl sites for hydroxylation is 1. The number of ether oxygens (including phenoxy) is 1. The van der Waals surface area contributed by atoms with Crippen molar-refractivity contribution >= 4 is 22.7 Å². The van der Waals surface area contributed by atoms with Gasteiger partial charge in [0.1, 0.15) is 11.3 Å². The Morgan fingerprint density at radius 1 is 1.33 bits per heavy atom. The number of nitrogens with zero attached hydrogens (tertiary/aromatic N) is 1. The monoisotopic (exact) mass is 330 g/mol. The fourth-order valence-corrected chi connectivity index (χ4v) is 3.74. The zero-order chi connectivity index (χ0) is 16.7. The van der Waals surface area contributed by atoms with Crippen molar-refractivity contribution < 1.29 is 19.1 Å². The Bertz CT molecular complexity index is 761. The summed E-state index contributed by atoms with van der Waals surface area (Å²) in [6, 6.07) is 7.51.